The van der Waals surface area contributed by atoms with E-state index in [1.54, 1.807) is 0 Å². The summed E-state index contributed by atoms with van der Waals surface area (Å²) in [5.41, 5.74) is 7.82. The zero-order chi connectivity index (χ0) is 17.0. The lowest BCUT2D eigenvalue weighted by Gasteiger charge is -2.39. The Labute approximate surface area is 169 Å². The molecule has 1 aromatic carbocycles. The van der Waals surface area contributed by atoms with Gasteiger partial charge in [0.15, 0.2) is 0 Å². The van der Waals surface area contributed by atoms with Crippen molar-refractivity contribution in [2.45, 2.75) is 82.3 Å². The van der Waals surface area contributed by atoms with Crippen molar-refractivity contribution in [3.8, 4) is 0 Å². The Kier molecular flexibility index (Phi) is 9.22. The molecular weight excluding hydrogens is 369 g/mol. The van der Waals surface area contributed by atoms with Crippen LogP contribution in [0.25, 0.3) is 0 Å². The molecular formula is C20H33Cl2N3O. The lowest BCUT2D eigenvalue weighted by atomic mass is 9.80. The van der Waals surface area contributed by atoms with Crippen molar-refractivity contribution in [1.82, 2.24) is 5.32 Å². The van der Waals surface area contributed by atoms with E-state index in [1.165, 1.54) is 12.0 Å². The van der Waals surface area contributed by atoms with E-state index in [9.17, 15) is 4.79 Å². The molecule has 0 aliphatic heterocycles. The Bertz CT molecular complexity index is 551. The number of carbonyl (C=O) groups is 1. The number of nitrogens with two attached hydrogens (primary N) is 1. The number of carbonyl (C=O) groups excluding carboxylic acids is 1. The van der Waals surface area contributed by atoms with Crippen molar-refractivity contribution in [2.24, 2.45) is 5.73 Å². The number of hydrogen-bond donors (Lipinski definition) is 3. The Hall–Kier alpha value is -0.970. The van der Waals surface area contributed by atoms with Gasteiger partial charge in [-0.3, -0.25) is 4.79 Å². The third-order valence-corrected chi connectivity index (χ3v) is 5.68. The average molecular weight is 402 g/mol. The predicted octanol–water partition coefficient (Wildman–Crippen LogP) is 4.34. The van der Waals surface area contributed by atoms with Crippen LogP contribution in [0.15, 0.2) is 24.3 Å². The van der Waals surface area contributed by atoms with Crippen molar-refractivity contribution in [1.29, 1.82) is 0 Å². The molecule has 2 aliphatic carbocycles. The highest BCUT2D eigenvalue weighted by Gasteiger charge is 2.40. The highest BCUT2D eigenvalue weighted by atomic mass is 35.5. The zero-order valence-corrected chi connectivity index (χ0v) is 17.3. The first kappa shape index (κ1) is 23.1. The highest BCUT2D eigenvalue weighted by Crippen LogP contribution is 2.33. The predicted molar refractivity (Wildman–Crippen MR) is 113 cm³/mol. The second kappa shape index (κ2) is 10.4. The van der Waals surface area contributed by atoms with Crippen LogP contribution < -0.4 is 16.4 Å². The van der Waals surface area contributed by atoms with E-state index in [0.29, 0.717) is 6.04 Å². The SMILES string of the molecule is Cc1ccc(NC2(C(=O)NC3CCC(N)CC3)CCCCC2)cc1.Cl.Cl. The standard InChI is InChI=1S/C20H31N3O.2ClH/c1-15-5-9-18(10-6-15)23-20(13-3-2-4-14-20)19(24)22-17-11-7-16(21)8-12-17;;/h5-6,9-10,16-17,23H,2-4,7-8,11-14,21H2,1H3,(H,22,24);2*1H. The van der Waals surface area contributed by atoms with Gasteiger partial charge in [-0.05, 0) is 57.6 Å². The maximum Gasteiger partial charge on any atom is 0.245 e. The first-order valence-electron chi connectivity index (χ1n) is 9.49. The van der Waals surface area contributed by atoms with E-state index in [4.69, 9.17) is 5.73 Å². The summed E-state index contributed by atoms with van der Waals surface area (Å²) in [6.07, 6.45) is 9.33. The van der Waals surface area contributed by atoms with E-state index in [2.05, 4.69) is 41.8 Å². The fraction of sp³-hybridized carbons (Fsp3) is 0.650. The molecule has 1 aromatic rings. The maximum absolute atomic E-state index is 13.1. The number of anilines is 1. The van der Waals surface area contributed by atoms with Gasteiger partial charge in [0.05, 0.1) is 0 Å². The summed E-state index contributed by atoms with van der Waals surface area (Å²) in [7, 11) is 0. The molecule has 4 N–H and O–H groups in total. The topological polar surface area (TPSA) is 67.2 Å². The van der Waals surface area contributed by atoms with Crippen LogP contribution in [0.4, 0.5) is 5.69 Å². The largest absolute Gasteiger partial charge is 0.371 e. The van der Waals surface area contributed by atoms with Gasteiger partial charge in [0, 0.05) is 17.8 Å². The summed E-state index contributed by atoms with van der Waals surface area (Å²) in [6, 6.07) is 8.96. The third kappa shape index (κ3) is 5.77. The Balaban J connectivity index is 0.00000169. The van der Waals surface area contributed by atoms with Crippen LogP contribution in [0.5, 0.6) is 0 Å². The normalized spacial score (nSPS) is 24.5. The Morgan fingerprint density at radius 2 is 1.58 bits per heavy atom. The average Bonchev–Trinajstić information content (AvgIpc) is 2.60. The summed E-state index contributed by atoms with van der Waals surface area (Å²) in [6.45, 7) is 2.08. The van der Waals surface area contributed by atoms with Crippen LogP contribution >= 0.6 is 24.8 Å². The molecule has 0 aromatic heterocycles. The fourth-order valence-corrected chi connectivity index (χ4v) is 4.06. The molecule has 6 heteroatoms. The van der Waals surface area contributed by atoms with Gasteiger partial charge in [-0.2, -0.15) is 0 Å². The van der Waals surface area contributed by atoms with Gasteiger partial charge in [0.2, 0.25) is 5.91 Å². The Morgan fingerprint density at radius 3 is 2.15 bits per heavy atom. The smallest absolute Gasteiger partial charge is 0.245 e. The number of rotatable bonds is 4. The second-order valence-electron chi connectivity index (χ2n) is 7.72. The minimum absolute atomic E-state index is 0. The number of aryl methyl sites for hydroxylation is 1. The number of hydrogen-bond acceptors (Lipinski definition) is 3. The molecule has 0 unspecified atom stereocenters. The van der Waals surface area contributed by atoms with Gasteiger partial charge in [0.25, 0.3) is 0 Å². The quantitative estimate of drug-likeness (QED) is 0.702. The summed E-state index contributed by atoms with van der Waals surface area (Å²) in [4.78, 5) is 13.1. The third-order valence-electron chi connectivity index (χ3n) is 5.68. The first-order chi connectivity index (χ1) is 11.6. The van der Waals surface area contributed by atoms with Crippen LogP contribution in [0, 0.1) is 6.92 Å². The van der Waals surface area contributed by atoms with E-state index >= 15 is 0 Å². The monoisotopic (exact) mass is 401 g/mol. The van der Waals surface area contributed by atoms with Gasteiger partial charge in [-0.15, -0.1) is 24.8 Å². The molecule has 3 rings (SSSR count). The molecule has 2 aliphatic rings. The van der Waals surface area contributed by atoms with Gasteiger partial charge in [-0.1, -0.05) is 37.0 Å². The summed E-state index contributed by atoms with van der Waals surface area (Å²) >= 11 is 0. The molecule has 0 saturated heterocycles. The lowest BCUT2D eigenvalue weighted by molar-refractivity contribution is -0.127. The summed E-state index contributed by atoms with van der Waals surface area (Å²) in [5.74, 6) is 0.184. The van der Waals surface area contributed by atoms with Crippen molar-refractivity contribution in [3.05, 3.63) is 29.8 Å². The molecule has 26 heavy (non-hydrogen) atoms. The van der Waals surface area contributed by atoms with Gasteiger partial charge in [0.1, 0.15) is 5.54 Å². The minimum atomic E-state index is -0.451. The molecule has 0 spiro atoms. The summed E-state index contributed by atoms with van der Waals surface area (Å²) < 4.78 is 0. The van der Waals surface area contributed by atoms with Crippen molar-refractivity contribution < 1.29 is 4.79 Å². The lowest BCUT2D eigenvalue weighted by Crippen LogP contribution is -2.56. The van der Waals surface area contributed by atoms with Crippen LogP contribution in [0.2, 0.25) is 0 Å². The van der Waals surface area contributed by atoms with Crippen molar-refractivity contribution in [2.75, 3.05) is 5.32 Å². The van der Waals surface area contributed by atoms with Gasteiger partial charge < -0.3 is 16.4 Å². The zero-order valence-electron chi connectivity index (χ0n) is 15.6. The van der Waals surface area contributed by atoms with Crippen molar-refractivity contribution >= 4 is 36.4 Å². The van der Waals surface area contributed by atoms with E-state index in [0.717, 1.165) is 57.1 Å². The van der Waals surface area contributed by atoms with E-state index in [-0.39, 0.29) is 36.8 Å². The van der Waals surface area contributed by atoms with Crippen LogP contribution in [0.3, 0.4) is 0 Å². The van der Waals surface area contributed by atoms with Crippen LogP contribution in [-0.4, -0.2) is 23.5 Å². The number of nitrogens with one attached hydrogen (secondary N) is 2. The molecule has 2 fully saturated rings. The number of benzene rings is 1. The van der Waals surface area contributed by atoms with Crippen LogP contribution in [-0.2, 0) is 4.79 Å². The molecule has 148 valence electrons. The van der Waals surface area contributed by atoms with E-state index < -0.39 is 5.54 Å². The molecule has 0 atom stereocenters. The highest BCUT2D eigenvalue weighted by molar-refractivity contribution is 5.89. The van der Waals surface area contributed by atoms with Crippen LogP contribution in [0.1, 0.15) is 63.4 Å². The molecule has 4 nitrogen and oxygen atoms in total. The Morgan fingerprint density at radius 1 is 1.00 bits per heavy atom. The van der Waals surface area contributed by atoms with E-state index in [1.807, 2.05) is 0 Å². The number of amides is 1. The summed E-state index contributed by atoms with van der Waals surface area (Å²) in [5, 5.41) is 6.91. The first-order valence-corrected chi connectivity index (χ1v) is 9.49. The molecule has 0 bridgehead atoms. The minimum Gasteiger partial charge on any atom is -0.371 e. The van der Waals surface area contributed by atoms with Gasteiger partial charge >= 0.3 is 0 Å². The van der Waals surface area contributed by atoms with Crippen molar-refractivity contribution in [3.63, 3.8) is 0 Å². The second-order valence-corrected chi connectivity index (χ2v) is 7.72. The molecule has 2 saturated carbocycles. The van der Waals surface area contributed by atoms with Gasteiger partial charge in [-0.25, -0.2) is 0 Å². The molecule has 0 radical (unpaired) electrons. The fourth-order valence-electron chi connectivity index (χ4n) is 4.06. The molecule has 0 heterocycles. The molecule has 1 amide bonds. The number of halogens is 2. The maximum atomic E-state index is 13.1.